The molecule has 3 heterocycles. The Morgan fingerprint density at radius 3 is 2.79 bits per heavy atom. The van der Waals surface area contributed by atoms with Gasteiger partial charge in [0.1, 0.15) is 11.3 Å². The number of carbonyl (C=O) groups is 1. The number of aromatic nitrogens is 3. The lowest BCUT2D eigenvalue weighted by molar-refractivity contribution is 0.0945. The number of hydrogen-bond acceptors (Lipinski definition) is 5. The minimum atomic E-state index is -0.618. The van der Waals surface area contributed by atoms with Crippen LogP contribution in [0.15, 0.2) is 70.4 Å². The SMILES string of the molecule is Cc1cc(CCc2ccccc2)oc(=O)c1C(=O)NCc1cnc2cnccn12. The lowest BCUT2D eigenvalue weighted by Crippen LogP contribution is -2.29. The summed E-state index contributed by atoms with van der Waals surface area (Å²) in [6.07, 6.45) is 8.07. The van der Waals surface area contributed by atoms with E-state index in [-0.39, 0.29) is 12.1 Å². The van der Waals surface area contributed by atoms with E-state index in [2.05, 4.69) is 15.3 Å². The molecule has 0 saturated carbocycles. The van der Waals surface area contributed by atoms with Gasteiger partial charge in [0.2, 0.25) is 0 Å². The molecule has 4 rings (SSSR count). The van der Waals surface area contributed by atoms with Gasteiger partial charge in [0.05, 0.1) is 24.6 Å². The van der Waals surface area contributed by atoms with Crippen LogP contribution in [0.3, 0.4) is 0 Å². The van der Waals surface area contributed by atoms with Gasteiger partial charge in [-0.2, -0.15) is 0 Å². The molecule has 1 N–H and O–H groups in total. The van der Waals surface area contributed by atoms with Crippen LogP contribution in [0.1, 0.15) is 32.9 Å². The topological polar surface area (TPSA) is 89.5 Å². The van der Waals surface area contributed by atoms with Crippen LogP contribution in [0.25, 0.3) is 5.65 Å². The smallest absolute Gasteiger partial charge is 0.349 e. The van der Waals surface area contributed by atoms with Crippen molar-refractivity contribution in [3.63, 3.8) is 0 Å². The van der Waals surface area contributed by atoms with E-state index in [1.54, 1.807) is 37.8 Å². The Morgan fingerprint density at radius 2 is 2.00 bits per heavy atom. The Morgan fingerprint density at radius 1 is 1.17 bits per heavy atom. The van der Waals surface area contributed by atoms with Crippen LogP contribution in [0.4, 0.5) is 0 Å². The highest BCUT2D eigenvalue weighted by Crippen LogP contribution is 2.11. The van der Waals surface area contributed by atoms with Crippen LogP contribution >= 0.6 is 0 Å². The number of amides is 1. The summed E-state index contributed by atoms with van der Waals surface area (Å²) in [7, 11) is 0. The average Bonchev–Trinajstić information content (AvgIpc) is 3.14. The third-order valence-corrected chi connectivity index (χ3v) is 4.75. The summed E-state index contributed by atoms with van der Waals surface area (Å²) in [4.78, 5) is 33.3. The molecule has 7 nitrogen and oxygen atoms in total. The molecule has 7 heteroatoms. The number of nitrogens with one attached hydrogen (secondary N) is 1. The summed E-state index contributed by atoms with van der Waals surface area (Å²) in [5.41, 5.74) is 2.66. The molecule has 0 aliphatic carbocycles. The fourth-order valence-electron chi connectivity index (χ4n) is 3.27. The fraction of sp³-hybridized carbons (Fsp3) is 0.182. The predicted octanol–water partition coefficient (Wildman–Crippen LogP) is 2.71. The summed E-state index contributed by atoms with van der Waals surface area (Å²) in [6.45, 7) is 1.98. The van der Waals surface area contributed by atoms with Crippen LogP contribution in [-0.2, 0) is 19.4 Å². The second-order valence-corrected chi connectivity index (χ2v) is 6.78. The molecule has 29 heavy (non-hydrogen) atoms. The Balaban J connectivity index is 1.46. The summed E-state index contributed by atoms with van der Waals surface area (Å²) in [5.74, 6) is 0.108. The van der Waals surface area contributed by atoms with E-state index >= 15 is 0 Å². The number of carbonyl (C=O) groups excluding carboxylic acids is 1. The number of hydrogen-bond donors (Lipinski definition) is 1. The van der Waals surface area contributed by atoms with E-state index < -0.39 is 11.5 Å². The molecule has 146 valence electrons. The summed E-state index contributed by atoms with van der Waals surface area (Å²) in [6, 6.07) is 11.7. The molecule has 4 aromatic rings. The van der Waals surface area contributed by atoms with Crippen LogP contribution in [0.5, 0.6) is 0 Å². The highest BCUT2D eigenvalue weighted by Gasteiger charge is 2.17. The number of rotatable bonds is 6. The summed E-state index contributed by atoms with van der Waals surface area (Å²) in [5, 5.41) is 2.77. The Labute approximate surface area is 167 Å². The Hall–Kier alpha value is -3.74. The van der Waals surface area contributed by atoms with Crippen molar-refractivity contribution in [1.29, 1.82) is 0 Å². The van der Waals surface area contributed by atoms with E-state index in [4.69, 9.17) is 4.42 Å². The molecule has 0 saturated heterocycles. The highest BCUT2D eigenvalue weighted by atomic mass is 16.4. The van der Waals surface area contributed by atoms with Gasteiger partial charge in [0, 0.05) is 18.8 Å². The van der Waals surface area contributed by atoms with Gasteiger partial charge < -0.3 is 9.73 Å². The molecule has 0 radical (unpaired) electrons. The zero-order valence-corrected chi connectivity index (χ0v) is 16.0. The molecule has 0 atom stereocenters. The van der Waals surface area contributed by atoms with Gasteiger partial charge in [-0.15, -0.1) is 0 Å². The van der Waals surface area contributed by atoms with Crippen molar-refractivity contribution >= 4 is 11.6 Å². The van der Waals surface area contributed by atoms with Crippen molar-refractivity contribution in [2.45, 2.75) is 26.3 Å². The maximum atomic E-state index is 12.6. The number of fused-ring (bicyclic) bond motifs is 1. The average molecular weight is 388 g/mol. The molecule has 3 aromatic heterocycles. The summed E-state index contributed by atoms with van der Waals surface area (Å²) < 4.78 is 7.23. The maximum Gasteiger partial charge on any atom is 0.349 e. The van der Waals surface area contributed by atoms with Crippen LogP contribution in [0, 0.1) is 6.92 Å². The second-order valence-electron chi connectivity index (χ2n) is 6.78. The molecule has 1 amide bonds. The number of benzene rings is 1. The third kappa shape index (κ3) is 4.08. The van der Waals surface area contributed by atoms with Crippen molar-refractivity contribution in [2.75, 3.05) is 0 Å². The molecule has 0 unspecified atom stereocenters. The van der Waals surface area contributed by atoms with Gasteiger partial charge in [-0.05, 0) is 30.5 Å². The van der Waals surface area contributed by atoms with E-state index in [0.29, 0.717) is 23.4 Å². The maximum absolute atomic E-state index is 12.6. The molecule has 1 aromatic carbocycles. The van der Waals surface area contributed by atoms with E-state index in [1.807, 2.05) is 34.7 Å². The normalized spacial score (nSPS) is 10.9. The standard InChI is InChI=1S/C22H20N4O3/c1-15-11-18(8-7-16-5-3-2-4-6-16)29-22(28)20(15)21(27)25-13-17-12-24-19-14-23-9-10-26(17)19/h2-6,9-12,14H,7-8,13H2,1H3,(H,25,27). The number of aryl methyl sites for hydroxylation is 3. The number of nitrogens with zero attached hydrogens (tertiary/aromatic N) is 3. The van der Waals surface area contributed by atoms with E-state index in [1.165, 1.54) is 0 Å². The highest BCUT2D eigenvalue weighted by molar-refractivity contribution is 5.95. The molecule has 0 aliphatic heterocycles. The molecule has 0 aliphatic rings. The largest absolute Gasteiger partial charge is 0.427 e. The zero-order valence-electron chi connectivity index (χ0n) is 16.0. The van der Waals surface area contributed by atoms with Gasteiger partial charge in [-0.1, -0.05) is 30.3 Å². The van der Waals surface area contributed by atoms with Gasteiger partial charge >= 0.3 is 5.63 Å². The first-order valence-electron chi connectivity index (χ1n) is 9.33. The van der Waals surface area contributed by atoms with Crippen LogP contribution in [-0.4, -0.2) is 20.3 Å². The second kappa shape index (κ2) is 8.10. The van der Waals surface area contributed by atoms with Crippen LogP contribution < -0.4 is 10.9 Å². The zero-order chi connectivity index (χ0) is 20.2. The molecule has 0 fully saturated rings. The first-order valence-corrected chi connectivity index (χ1v) is 9.33. The number of imidazole rings is 1. The predicted molar refractivity (Wildman–Crippen MR) is 108 cm³/mol. The molecular formula is C22H20N4O3. The van der Waals surface area contributed by atoms with Crippen LogP contribution in [0.2, 0.25) is 0 Å². The Kier molecular flexibility index (Phi) is 5.20. The van der Waals surface area contributed by atoms with E-state index in [9.17, 15) is 9.59 Å². The Bertz CT molecular complexity index is 1210. The van der Waals surface area contributed by atoms with Crippen molar-refractivity contribution in [3.05, 3.63) is 99.8 Å². The minimum absolute atomic E-state index is 0.0314. The third-order valence-electron chi connectivity index (χ3n) is 4.75. The summed E-state index contributed by atoms with van der Waals surface area (Å²) >= 11 is 0. The van der Waals surface area contributed by atoms with Gasteiger partial charge in [0.25, 0.3) is 5.91 Å². The molecule has 0 spiro atoms. The fourth-order valence-corrected chi connectivity index (χ4v) is 3.27. The van der Waals surface area contributed by atoms with Gasteiger partial charge in [-0.25, -0.2) is 9.78 Å². The quantitative estimate of drug-likeness (QED) is 0.549. The lowest BCUT2D eigenvalue weighted by atomic mass is 10.1. The van der Waals surface area contributed by atoms with Crippen molar-refractivity contribution in [3.8, 4) is 0 Å². The van der Waals surface area contributed by atoms with Crippen molar-refractivity contribution < 1.29 is 9.21 Å². The van der Waals surface area contributed by atoms with E-state index in [0.717, 1.165) is 17.7 Å². The molecular weight excluding hydrogens is 368 g/mol. The van der Waals surface area contributed by atoms with Gasteiger partial charge in [0.15, 0.2) is 5.65 Å². The molecule has 0 bridgehead atoms. The minimum Gasteiger partial charge on any atom is -0.427 e. The monoisotopic (exact) mass is 388 g/mol. The van der Waals surface area contributed by atoms with Crippen molar-refractivity contribution in [1.82, 2.24) is 19.7 Å². The van der Waals surface area contributed by atoms with Gasteiger partial charge in [-0.3, -0.25) is 14.2 Å². The van der Waals surface area contributed by atoms with Crippen molar-refractivity contribution in [2.24, 2.45) is 0 Å². The first kappa shape index (κ1) is 18.6. The lowest BCUT2D eigenvalue weighted by Gasteiger charge is -2.08. The first-order chi connectivity index (χ1) is 14.1.